The Bertz CT molecular complexity index is 739. The number of pyridine rings is 2. The maximum Gasteiger partial charge on any atom is 0.0702 e. The van der Waals surface area contributed by atoms with E-state index in [0.717, 1.165) is 27.7 Å². The minimum Gasteiger partial charge on any atom is -0.398 e. The Balaban J connectivity index is 2.10. The van der Waals surface area contributed by atoms with Gasteiger partial charge in [-0.3, -0.25) is 9.97 Å². The van der Waals surface area contributed by atoms with Crippen molar-refractivity contribution in [2.75, 3.05) is 12.8 Å². The van der Waals surface area contributed by atoms with Gasteiger partial charge in [-0.15, -0.1) is 0 Å². The lowest BCUT2D eigenvalue weighted by atomic mass is 9.97. The van der Waals surface area contributed by atoms with Gasteiger partial charge in [-0.05, 0) is 36.9 Å². The average molecular weight is 264 g/mol. The van der Waals surface area contributed by atoms with Crippen LogP contribution < -0.4 is 11.1 Å². The normalized spacial score (nSPS) is 12.4. The Morgan fingerprint density at radius 1 is 1.15 bits per heavy atom. The number of nitrogen functional groups attached to an aromatic ring is 1. The first-order valence-electron chi connectivity index (χ1n) is 6.51. The molecule has 2 aromatic heterocycles. The number of rotatable bonds is 3. The van der Waals surface area contributed by atoms with E-state index in [9.17, 15) is 0 Å². The largest absolute Gasteiger partial charge is 0.398 e. The van der Waals surface area contributed by atoms with Crippen LogP contribution in [0.3, 0.4) is 0 Å². The molecule has 1 atom stereocenters. The van der Waals surface area contributed by atoms with Gasteiger partial charge in [0.15, 0.2) is 0 Å². The molecule has 4 heteroatoms. The zero-order valence-electron chi connectivity index (χ0n) is 11.2. The van der Waals surface area contributed by atoms with Crippen molar-refractivity contribution in [3.8, 4) is 0 Å². The van der Waals surface area contributed by atoms with Crippen molar-refractivity contribution in [3.05, 3.63) is 66.1 Å². The highest BCUT2D eigenvalue weighted by atomic mass is 14.9. The van der Waals surface area contributed by atoms with Crippen molar-refractivity contribution in [2.24, 2.45) is 0 Å². The van der Waals surface area contributed by atoms with Crippen LogP contribution in [0.15, 0.2) is 55.0 Å². The second kappa shape index (κ2) is 5.27. The van der Waals surface area contributed by atoms with Crippen LogP contribution in [0.4, 0.5) is 5.69 Å². The first kappa shape index (κ1) is 12.6. The predicted molar refractivity (Wildman–Crippen MR) is 81.3 cm³/mol. The Morgan fingerprint density at radius 3 is 2.85 bits per heavy atom. The van der Waals surface area contributed by atoms with Crippen LogP contribution in [0.5, 0.6) is 0 Å². The predicted octanol–water partition coefficient (Wildman–Crippen LogP) is 2.52. The molecule has 0 fully saturated rings. The van der Waals surface area contributed by atoms with E-state index >= 15 is 0 Å². The molecule has 3 rings (SSSR count). The highest BCUT2D eigenvalue weighted by molar-refractivity contribution is 5.79. The van der Waals surface area contributed by atoms with Gasteiger partial charge in [0.25, 0.3) is 0 Å². The van der Waals surface area contributed by atoms with E-state index in [1.54, 1.807) is 12.4 Å². The van der Waals surface area contributed by atoms with E-state index in [1.165, 1.54) is 0 Å². The van der Waals surface area contributed by atoms with Crippen LogP contribution in [-0.2, 0) is 0 Å². The lowest BCUT2D eigenvalue weighted by molar-refractivity contribution is 0.691. The Labute approximate surface area is 117 Å². The Morgan fingerprint density at radius 2 is 2.05 bits per heavy atom. The van der Waals surface area contributed by atoms with Gasteiger partial charge in [-0.25, -0.2) is 0 Å². The first-order valence-corrected chi connectivity index (χ1v) is 6.51. The summed E-state index contributed by atoms with van der Waals surface area (Å²) in [4.78, 5) is 8.51. The zero-order chi connectivity index (χ0) is 13.9. The Kier molecular flexibility index (Phi) is 3.31. The van der Waals surface area contributed by atoms with Crippen LogP contribution in [0.1, 0.15) is 17.2 Å². The number of fused-ring (bicyclic) bond motifs is 1. The summed E-state index contributed by atoms with van der Waals surface area (Å²) in [5, 5.41) is 4.42. The van der Waals surface area contributed by atoms with Crippen molar-refractivity contribution in [1.29, 1.82) is 0 Å². The van der Waals surface area contributed by atoms with Gasteiger partial charge < -0.3 is 11.1 Å². The molecule has 3 aromatic rings. The standard InChI is InChI=1S/C16H16N4/c1-18-16(13-10-19-8-6-14(13)17)12-4-5-15-11(9-12)3-2-7-20-15/h2-10,16,18H,1H3,(H2,17,19). The van der Waals surface area contributed by atoms with Crippen LogP contribution >= 0.6 is 0 Å². The van der Waals surface area contributed by atoms with Crippen LogP contribution in [0.2, 0.25) is 0 Å². The van der Waals surface area contributed by atoms with Gasteiger partial charge in [0.2, 0.25) is 0 Å². The average Bonchev–Trinajstić information content (AvgIpc) is 2.50. The summed E-state index contributed by atoms with van der Waals surface area (Å²) in [6, 6.07) is 12.1. The van der Waals surface area contributed by atoms with Gasteiger partial charge in [-0.2, -0.15) is 0 Å². The van der Waals surface area contributed by atoms with Crippen LogP contribution in [-0.4, -0.2) is 17.0 Å². The molecule has 1 aromatic carbocycles. The van der Waals surface area contributed by atoms with E-state index in [0.29, 0.717) is 0 Å². The highest BCUT2D eigenvalue weighted by Crippen LogP contribution is 2.27. The second-order valence-electron chi connectivity index (χ2n) is 4.68. The number of nitrogens with one attached hydrogen (secondary N) is 1. The highest BCUT2D eigenvalue weighted by Gasteiger charge is 2.15. The summed E-state index contributed by atoms with van der Waals surface area (Å²) < 4.78 is 0. The fourth-order valence-corrected chi connectivity index (χ4v) is 2.43. The maximum absolute atomic E-state index is 6.05. The number of aromatic nitrogens is 2. The summed E-state index contributed by atoms with van der Waals surface area (Å²) in [7, 11) is 1.92. The van der Waals surface area contributed by atoms with E-state index in [-0.39, 0.29) is 6.04 Å². The number of anilines is 1. The van der Waals surface area contributed by atoms with Crippen molar-refractivity contribution in [3.63, 3.8) is 0 Å². The number of benzene rings is 1. The fourth-order valence-electron chi connectivity index (χ4n) is 2.43. The zero-order valence-corrected chi connectivity index (χ0v) is 11.2. The monoisotopic (exact) mass is 264 g/mol. The summed E-state index contributed by atoms with van der Waals surface area (Å²) >= 11 is 0. The molecule has 0 radical (unpaired) electrons. The number of hydrogen-bond acceptors (Lipinski definition) is 4. The molecule has 0 bridgehead atoms. The third-order valence-corrected chi connectivity index (χ3v) is 3.45. The molecule has 3 N–H and O–H groups in total. The molecule has 0 saturated heterocycles. The third-order valence-electron chi connectivity index (χ3n) is 3.45. The molecule has 2 heterocycles. The number of nitrogens with zero attached hydrogens (tertiary/aromatic N) is 2. The van der Waals surface area contributed by atoms with Gasteiger partial charge in [-0.1, -0.05) is 12.1 Å². The molecular formula is C16H16N4. The lowest BCUT2D eigenvalue weighted by Gasteiger charge is -2.19. The van der Waals surface area contributed by atoms with Crippen LogP contribution in [0, 0.1) is 0 Å². The van der Waals surface area contributed by atoms with Crippen molar-refractivity contribution < 1.29 is 0 Å². The third kappa shape index (κ3) is 2.21. The molecule has 0 aliphatic rings. The van der Waals surface area contributed by atoms with Crippen molar-refractivity contribution in [1.82, 2.24) is 15.3 Å². The first-order chi connectivity index (χ1) is 9.79. The lowest BCUT2D eigenvalue weighted by Crippen LogP contribution is -2.19. The summed E-state index contributed by atoms with van der Waals surface area (Å²) in [6.07, 6.45) is 5.32. The van der Waals surface area contributed by atoms with Crippen molar-refractivity contribution >= 4 is 16.6 Å². The van der Waals surface area contributed by atoms with Crippen molar-refractivity contribution in [2.45, 2.75) is 6.04 Å². The molecule has 0 aliphatic carbocycles. The van der Waals surface area contributed by atoms with E-state index in [1.807, 2.05) is 31.4 Å². The molecule has 4 nitrogen and oxygen atoms in total. The summed E-state index contributed by atoms with van der Waals surface area (Å²) in [5.41, 5.74) is 9.92. The smallest absolute Gasteiger partial charge is 0.0702 e. The molecule has 0 spiro atoms. The topological polar surface area (TPSA) is 63.8 Å². The number of hydrogen-bond donors (Lipinski definition) is 2. The van der Waals surface area contributed by atoms with Gasteiger partial charge in [0.1, 0.15) is 0 Å². The summed E-state index contributed by atoms with van der Waals surface area (Å²) in [5.74, 6) is 0. The molecule has 20 heavy (non-hydrogen) atoms. The van der Waals surface area contributed by atoms with E-state index in [4.69, 9.17) is 5.73 Å². The SMILES string of the molecule is CNC(c1ccc2ncccc2c1)c1cnccc1N. The minimum absolute atomic E-state index is 0.0216. The molecule has 0 aliphatic heterocycles. The maximum atomic E-state index is 6.05. The van der Waals surface area contributed by atoms with E-state index in [2.05, 4.69) is 33.5 Å². The molecule has 0 amide bonds. The fraction of sp³-hybridized carbons (Fsp3) is 0.125. The van der Waals surface area contributed by atoms with Gasteiger partial charge in [0, 0.05) is 35.2 Å². The molecular weight excluding hydrogens is 248 g/mol. The molecule has 100 valence electrons. The Hall–Kier alpha value is -2.46. The van der Waals surface area contributed by atoms with Crippen LogP contribution in [0.25, 0.3) is 10.9 Å². The quantitative estimate of drug-likeness (QED) is 0.763. The molecule has 1 unspecified atom stereocenters. The molecule has 0 saturated carbocycles. The van der Waals surface area contributed by atoms with Gasteiger partial charge in [0.05, 0.1) is 11.6 Å². The van der Waals surface area contributed by atoms with E-state index < -0.39 is 0 Å². The van der Waals surface area contributed by atoms with Gasteiger partial charge >= 0.3 is 0 Å². The minimum atomic E-state index is 0.0216. The summed E-state index contributed by atoms with van der Waals surface area (Å²) in [6.45, 7) is 0. The number of nitrogens with two attached hydrogens (primary N) is 1. The second-order valence-corrected chi connectivity index (χ2v) is 4.68.